The summed E-state index contributed by atoms with van der Waals surface area (Å²) in [6, 6.07) is 8.30. The minimum absolute atomic E-state index is 0.228. The highest BCUT2D eigenvalue weighted by molar-refractivity contribution is 5.79. The smallest absolute Gasteiger partial charge is 0.224 e. The predicted octanol–water partition coefficient (Wildman–Crippen LogP) is 3.77. The van der Waals surface area contributed by atoms with Crippen molar-refractivity contribution in [1.82, 2.24) is 19.3 Å². The third-order valence-corrected chi connectivity index (χ3v) is 5.36. The van der Waals surface area contributed by atoms with Crippen LogP contribution in [0.15, 0.2) is 42.9 Å². The van der Waals surface area contributed by atoms with Crippen LogP contribution in [0.3, 0.4) is 0 Å². The quantitative estimate of drug-likeness (QED) is 0.735. The van der Waals surface area contributed by atoms with Gasteiger partial charge in [-0.2, -0.15) is 0 Å². The summed E-state index contributed by atoms with van der Waals surface area (Å²) in [6.45, 7) is 6.65. The molecule has 1 N–H and O–H groups in total. The Morgan fingerprint density at radius 1 is 1.36 bits per heavy atom. The molecule has 1 saturated heterocycles. The SMILES string of the molecule is Cc1cccc(-c2nc3cnccn3c2NCCC(=O)N2CCC[C@H](C)C2)c1. The molecule has 4 rings (SSSR count). The first-order valence-corrected chi connectivity index (χ1v) is 10.0. The topological polar surface area (TPSA) is 62.5 Å². The summed E-state index contributed by atoms with van der Waals surface area (Å²) >= 11 is 0. The summed E-state index contributed by atoms with van der Waals surface area (Å²) < 4.78 is 2.00. The van der Waals surface area contributed by atoms with Crippen molar-refractivity contribution in [2.75, 3.05) is 25.0 Å². The fourth-order valence-electron chi connectivity index (χ4n) is 3.93. The highest BCUT2D eigenvalue weighted by atomic mass is 16.2. The monoisotopic (exact) mass is 377 g/mol. The summed E-state index contributed by atoms with van der Waals surface area (Å²) in [5.41, 5.74) is 3.92. The van der Waals surface area contributed by atoms with Crippen LogP contribution in [0.2, 0.25) is 0 Å². The predicted molar refractivity (Wildman–Crippen MR) is 111 cm³/mol. The third-order valence-electron chi connectivity index (χ3n) is 5.36. The molecule has 1 atom stereocenters. The Labute approximate surface area is 165 Å². The van der Waals surface area contributed by atoms with Crippen LogP contribution in [0.4, 0.5) is 5.82 Å². The number of rotatable bonds is 5. The molecule has 1 aliphatic heterocycles. The van der Waals surface area contributed by atoms with E-state index in [1.165, 1.54) is 12.0 Å². The minimum atomic E-state index is 0.228. The highest BCUT2D eigenvalue weighted by Gasteiger charge is 2.21. The number of fused-ring (bicyclic) bond motifs is 1. The third kappa shape index (κ3) is 3.86. The van der Waals surface area contributed by atoms with Gasteiger partial charge in [-0.3, -0.25) is 14.2 Å². The number of carbonyl (C=O) groups is 1. The van der Waals surface area contributed by atoms with E-state index in [9.17, 15) is 4.79 Å². The molecule has 28 heavy (non-hydrogen) atoms. The number of benzene rings is 1. The van der Waals surface area contributed by atoms with Gasteiger partial charge in [-0.25, -0.2) is 4.98 Å². The lowest BCUT2D eigenvalue weighted by Crippen LogP contribution is -2.39. The van der Waals surface area contributed by atoms with Crippen molar-refractivity contribution in [3.8, 4) is 11.3 Å². The second kappa shape index (κ2) is 8.00. The molecule has 0 spiro atoms. The van der Waals surface area contributed by atoms with Crippen molar-refractivity contribution >= 4 is 17.4 Å². The Bertz CT molecular complexity index is 980. The summed E-state index contributed by atoms with van der Waals surface area (Å²) in [6.07, 6.45) is 8.22. The first-order valence-electron chi connectivity index (χ1n) is 10.0. The van der Waals surface area contributed by atoms with E-state index in [2.05, 4.69) is 42.3 Å². The average Bonchev–Trinajstić information content (AvgIpc) is 3.07. The standard InChI is InChI=1S/C22H27N5O/c1-16-5-3-7-18(13-16)21-22(27-12-10-23-14-19(27)25-21)24-9-8-20(28)26-11-4-6-17(2)15-26/h3,5,7,10,12-14,17,24H,4,6,8-9,11,15H2,1-2H3/t17-/m0/s1. The zero-order valence-corrected chi connectivity index (χ0v) is 16.6. The molecule has 6 heteroatoms. The maximum Gasteiger partial charge on any atom is 0.224 e. The number of nitrogens with one attached hydrogen (secondary N) is 1. The lowest BCUT2D eigenvalue weighted by atomic mass is 10.00. The number of amides is 1. The van der Waals surface area contributed by atoms with E-state index in [1.807, 2.05) is 21.6 Å². The van der Waals surface area contributed by atoms with Gasteiger partial charge in [0.25, 0.3) is 0 Å². The van der Waals surface area contributed by atoms with E-state index in [-0.39, 0.29) is 5.91 Å². The van der Waals surface area contributed by atoms with Crippen molar-refractivity contribution in [2.24, 2.45) is 5.92 Å². The van der Waals surface area contributed by atoms with Crippen molar-refractivity contribution in [2.45, 2.75) is 33.1 Å². The second-order valence-corrected chi connectivity index (χ2v) is 7.75. The van der Waals surface area contributed by atoms with Gasteiger partial charge in [0.1, 0.15) is 11.5 Å². The largest absolute Gasteiger partial charge is 0.369 e. The van der Waals surface area contributed by atoms with Crippen LogP contribution >= 0.6 is 0 Å². The van der Waals surface area contributed by atoms with E-state index in [0.717, 1.165) is 42.2 Å². The Morgan fingerprint density at radius 2 is 2.25 bits per heavy atom. The molecule has 3 aromatic rings. The van der Waals surface area contributed by atoms with Gasteiger partial charge in [0.2, 0.25) is 5.91 Å². The summed E-state index contributed by atoms with van der Waals surface area (Å²) in [5.74, 6) is 1.74. The van der Waals surface area contributed by atoms with E-state index in [0.29, 0.717) is 18.9 Å². The molecule has 0 aliphatic carbocycles. The van der Waals surface area contributed by atoms with Crippen LogP contribution in [-0.2, 0) is 4.79 Å². The van der Waals surface area contributed by atoms with Crippen LogP contribution in [0.5, 0.6) is 0 Å². The van der Waals surface area contributed by atoms with Gasteiger partial charge < -0.3 is 10.2 Å². The zero-order chi connectivity index (χ0) is 19.5. The maximum absolute atomic E-state index is 12.6. The van der Waals surface area contributed by atoms with Crippen molar-refractivity contribution < 1.29 is 4.79 Å². The number of likely N-dealkylation sites (tertiary alicyclic amines) is 1. The van der Waals surface area contributed by atoms with E-state index in [1.54, 1.807) is 12.4 Å². The maximum atomic E-state index is 12.6. The van der Waals surface area contributed by atoms with Crippen LogP contribution in [0, 0.1) is 12.8 Å². The molecule has 1 aliphatic rings. The molecule has 1 fully saturated rings. The molecule has 1 aromatic carbocycles. The normalized spacial score (nSPS) is 17.1. The Morgan fingerprint density at radius 3 is 3.07 bits per heavy atom. The number of imidazole rings is 1. The lowest BCUT2D eigenvalue weighted by molar-refractivity contribution is -0.132. The average molecular weight is 377 g/mol. The highest BCUT2D eigenvalue weighted by Crippen LogP contribution is 2.29. The number of aromatic nitrogens is 3. The van der Waals surface area contributed by atoms with Gasteiger partial charge in [-0.1, -0.05) is 30.7 Å². The molecule has 0 saturated carbocycles. The molecular weight excluding hydrogens is 350 g/mol. The van der Waals surface area contributed by atoms with E-state index >= 15 is 0 Å². The number of hydrogen-bond acceptors (Lipinski definition) is 4. The van der Waals surface area contributed by atoms with Crippen molar-refractivity contribution in [3.63, 3.8) is 0 Å². The fourth-order valence-corrected chi connectivity index (χ4v) is 3.93. The van der Waals surface area contributed by atoms with Gasteiger partial charge in [0, 0.05) is 44.0 Å². The summed E-state index contributed by atoms with van der Waals surface area (Å²) in [4.78, 5) is 23.5. The molecule has 6 nitrogen and oxygen atoms in total. The second-order valence-electron chi connectivity index (χ2n) is 7.75. The fraction of sp³-hybridized carbons (Fsp3) is 0.409. The Hall–Kier alpha value is -2.89. The molecule has 146 valence electrons. The van der Waals surface area contributed by atoms with E-state index < -0.39 is 0 Å². The first kappa shape index (κ1) is 18.5. The van der Waals surface area contributed by atoms with Crippen molar-refractivity contribution in [1.29, 1.82) is 0 Å². The van der Waals surface area contributed by atoms with Gasteiger partial charge in [0.15, 0.2) is 5.65 Å². The molecule has 0 unspecified atom stereocenters. The Balaban J connectivity index is 1.53. The summed E-state index contributed by atoms with van der Waals surface area (Å²) in [5, 5.41) is 3.46. The molecular formula is C22H27N5O. The minimum Gasteiger partial charge on any atom is -0.369 e. The van der Waals surface area contributed by atoms with Crippen LogP contribution in [0.1, 0.15) is 31.7 Å². The lowest BCUT2D eigenvalue weighted by Gasteiger charge is -2.31. The molecule has 0 radical (unpaired) electrons. The van der Waals surface area contributed by atoms with Crippen LogP contribution in [-0.4, -0.2) is 44.8 Å². The number of nitrogens with zero attached hydrogens (tertiary/aromatic N) is 4. The number of hydrogen-bond donors (Lipinski definition) is 1. The van der Waals surface area contributed by atoms with E-state index in [4.69, 9.17) is 4.98 Å². The Kier molecular flexibility index (Phi) is 5.28. The summed E-state index contributed by atoms with van der Waals surface area (Å²) in [7, 11) is 0. The van der Waals surface area contributed by atoms with Gasteiger partial charge in [-0.15, -0.1) is 0 Å². The number of anilines is 1. The van der Waals surface area contributed by atoms with Crippen LogP contribution in [0.25, 0.3) is 16.9 Å². The first-order chi connectivity index (χ1) is 13.6. The van der Waals surface area contributed by atoms with Gasteiger partial charge in [-0.05, 0) is 31.7 Å². The molecule has 0 bridgehead atoms. The number of carbonyl (C=O) groups excluding carboxylic acids is 1. The molecule has 1 amide bonds. The van der Waals surface area contributed by atoms with Crippen LogP contribution < -0.4 is 5.32 Å². The zero-order valence-electron chi connectivity index (χ0n) is 16.6. The number of aryl methyl sites for hydroxylation is 1. The van der Waals surface area contributed by atoms with Crippen molar-refractivity contribution in [3.05, 3.63) is 48.4 Å². The molecule has 2 aromatic heterocycles. The molecule has 3 heterocycles. The van der Waals surface area contributed by atoms with Gasteiger partial charge >= 0.3 is 0 Å². The van der Waals surface area contributed by atoms with Gasteiger partial charge in [0.05, 0.1) is 6.20 Å². The number of piperidine rings is 1.